The Bertz CT molecular complexity index is 545. The number of hydrogen-bond acceptors (Lipinski definition) is 3. The zero-order valence-electron chi connectivity index (χ0n) is 10.5. The SMILES string of the molecule is NCCCc1nc(-c2ccc3c(c2)CCC3)cs1. The fourth-order valence-electron chi connectivity index (χ4n) is 2.54. The van der Waals surface area contributed by atoms with E-state index < -0.39 is 0 Å². The van der Waals surface area contributed by atoms with E-state index in [4.69, 9.17) is 10.7 Å². The Morgan fingerprint density at radius 3 is 3.00 bits per heavy atom. The number of aryl methyl sites for hydroxylation is 3. The van der Waals surface area contributed by atoms with Gasteiger partial charge in [0.15, 0.2) is 0 Å². The third-order valence-corrected chi connectivity index (χ3v) is 4.45. The van der Waals surface area contributed by atoms with Crippen molar-refractivity contribution in [3.63, 3.8) is 0 Å². The van der Waals surface area contributed by atoms with Crippen LogP contribution in [0.1, 0.15) is 29.0 Å². The molecule has 0 bridgehead atoms. The van der Waals surface area contributed by atoms with Crippen LogP contribution in [-0.4, -0.2) is 11.5 Å². The van der Waals surface area contributed by atoms with Crippen LogP contribution in [0, 0.1) is 0 Å². The molecule has 0 unspecified atom stereocenters. The number of hydrogen-bond donors (Lipinski definition) is 1. The normalized spacial score (nSPS) is 13.8. The van der Waals surface area contributed by atoms with Gasteiger partial charge < -0.3 is 5.73 Å². The Labute approximate surface area is 112 Å². The Hall–Kier alpha value is -1.19. The highest BCUT2D eigenvalue weighted by Crippen LogP contribution is 2.28. The molecular weight excluding hydrogens is 240 g/mol. The Morgan fingerprint density at radius 2 is 2.11 bits per heavy atom. The molecule has 0 amide bonds. The van der Waals surface area contributed by atoms with E-state index in [2.05, 4.69) is 23.6 Å². The highest BCUT2D eigenvalue weighted by atomic mass is 32.1. The summed E-state index contributed by atoms with van der Waals surface area (Å²) in [5, 5.41) is 3.37. The first-order valence-electron chi connectivity index (χ1n) is 6.63. The van der Waals surface area contributed by atoms with Gasteiger partial charge in [-0.05, 0) is 49.4 Å². The van der Waals surface area contributed by atoms with Crippen LogP contribution in [0.15, 0.2) is 23.6 Å². The van der Waals surface area contributed by atoms with Crippen LogP contribution in [0.25, 0.3) is 11.3 Å². The Morgan fingerprint density at radius 1 is 1.22 bits per heavy atom. The van der Waals surface area contributed by atoms with Gasteiger partial charge in [-0.3, -0.25) is 0 Å². The molecule has 1 aromatic carbocycles. The van der Waals surface area contributed by atoms with Gasteiger partial charge in [0.05, 0.1) is 10.7 Å². The summed E-state index contributed by atoms with van der Waals surface area (Å²) in [5.41, 5.74) is 11.0. The summed E-state index contributed by atoms with van der Waals surface area (Å²) >= 11 is 1.75. The fourth-order valence-corrected chi connectivity index (χ4v) is 3.39. The van der Waals surface area contributed by atoms with E-state index in [0.717, 1.165) is 25.1 Å². The highest BCUT2D eigenvalue weighted by Gasteiger charge is 2.12. The lowest BCUT2D eigenvalue weighted by Gasteiger charge is -2.02. The number of nitrogens with zero attached hydrogens (tertiary/aromatic N) is 1. The third kappa shape index (κ3) is 2.33. The maximum Gasteiger partial charge on any atom is 0.0933 e. The second-order valence-electron chi connectivity index (χ2n) is 4.86. The topological polar surface area (TPSA) is 38.9 Å². The average Bonchev–Trinajstić information content (AvgIpc) is 3.04. The second-order valence-corrected chi connectivity index (χ2v) is 5.80. The minimum atomic E-state index is 0.744. The van der Waals surface area contributed by atoms with Crippen LogP contribution >= 0.6 is 11.3 Å². The first-order chi connectivity index (χ1) is 8.86. The molecular formula is C15H18N2S. The number of nitrogens with two attached hydrogens (primary N) is 1. The smallest absolute Gasteiger partial charge is 0.0933 e. The molecule has 1 aromatic heterocycles. The molecule has 0 radical (unpaired) electrons. The molecule has 0 aliphatic heterocycles. The lowest BCUT2D eigenvalue weighted by Crippen LogP contribution is -1.99. The monoisotopic (exact) mass is 258 g/mol. The van der Waals surface area contributed by atoms with Gasteiger partial charge in [0.2, 0.25) is 0 Å². The summed E-state index contributed by atoms with van der Waals surface area (Å²) in [7, 11) is 0. The summed E-state index contributed by atoms with van der Waals surface area (Å²) in [6.45, 7) is 0.744. The minimum absolute atomic E-state index is 0.744. The van der Waals surface area contributed by atoms with Crippen molar-refractivity contribution in [2.75, 3.05) is 6.54 Å². The first-order valence-corrected chi connectivity index (χ1v) is 7.51. The molecule has 3 rings (SSSR count). The summed E-state index contributed by atoms with van der Waals surface area (Å²) in [6, 6.07) is 6.81. The van der Waals surface area contributed by atoms with Crippen molar-refractivity contribution in [3.05, 3.63) is 39.7 Å². The predicted molar refractivity (Wildman–Crippen MR) is 77.0 cm³/mol. The molecule has 0 atom stereocenters. The lowest BCUT2D eigenvalue weighted by atomic mass is 10.1. The molecule has 1 heterocycles. The number of thiazole rings is 1. The predicted octanol–water partition coefficient (Wildman–Crippen LogP) is 3.19. The van der Waals surface area contributed by atoms with Gasteiger partial charge in [-0.2, -0.15) is 0 Å². The standard InChI is InChI=1S/C15H18N2S/c16-8-2-5-15-17-14(10-18-15)13-7-6-11-3-1-4-12(11)9-13/h6-7,9-10H,1-5,8,16H2. The van der Waals surface area contributed by atoms with Crippen LogP contribution in [0.4, 0.5) is 0 Å². The zero-order valence-corrected chi connectivity index (χ0v) is 11.3. The van der Waals surface area contributed by atoms with Gasteiger partial charge in [0.25, 0.3) is 0 Å². The summed E-state index contributed by atoms with van der Waals surface area (Å²) in [5.74, 6) is 0. The van der Waals surface area contributed by atoms with E-state index >= 15 is 0 Å². The molecule has 0 saturated carbocycles. The molecule has 18 heavy (non-hydrogen) atoms. The van der Waals surface area contributed by atoms with Crippen molar-refractivity contribution < 1.29 is 0 Å². The van der Waals surface area contributed by atoms with E-state index in [1.165, 1.54) is 41.0 Å². The van der Waals surface area contributed by atoms with Gasteiger partial charge in [-0.25, -0.2) is 4.98 Å². The van der Waals surface area contributed by atoms with E-state index in [-0.39, 0.29) is 0 Å². The summed E-state index contributed by atoms with van der Waals surface area (Å²) in [4.78, 5) is 4.71. The molecule has 0 spiro atoms. The van der Waals surface area contributed by atoms with Crippen LogP contribution in [0.3, 0.4) is 0 Å². The number of rotatable bonds is 4. The summed E-state index contributed by atoms with van der Waals surface area (Å²) < 4.78 is 0. The molecule has 94 valence electrons. The van der Waals surface area contributed by atoms with Crippen molar-refractivity contribution in [1.82, 2.24) is 4.98 Å². The molecule has 2 nitrogen and oxygen atoms in total. The molecule has 2 aromatic rings. The Balaban J connectivity index is 1.83. The van der Waals surface area contributed by atoms with Crippen molar-refractivity contribution in [3.8, 4) is 11.3 Å². The van der Waals surface area contributed by atoms with E-state index in [1.807, 2.05) is 0 Å². The highest BCUT2D eigenvalue weighted by molar-refractivity contribution is 7.09. The van der Waals surface area contributed by atoms with Crippen molar-refractivity contribution in [1.29, 1.82) is 0 Å². The van der Waals surface area contributed by atoms with Crippen LogP contribution in [0.5, 0.6) is 0 Å². The van der Waals surface area contributed by atoms with Gasteiger partial charge in [-0.1, -0.05) is 12.1 Å². The molecule has 3 heteroatoms. The maximum atomic E-state index is 5.53. The molecule has 1 aliphatic rings. The minimum Gasteiger partial charge on any atom is -0.330 e. The largest absolute Gasteiger partial charge is 0.330 e. The van der Waals surface area contributed by atoms with Gasteiger partial charge in [-0.15, -0.1) is 11.3 Å². The van der Waals surface area contributed by atoms with Gasteiger partial charge in [0.1, 0.15) is 0 Å². The summed E-state index contributed by atoms with van der Waals surface area (Å²) in [6.07, 6.45) is 5.81. The van der Waals surface area contributed by atoms with Crippen molar-refractivity contribution in [2.45, 2.75) is 32.1 Å². The third-order valence-electron chi connectivity index (χ3n) is 3.54. The Kier molecular flexibility index (Phi) is 3.43. The molecule has 1 aliphatic carbocycles. The first kappa shape index (κ1) is 11.9. The van der Waals surface area contributed by atoms with Crippen LogP contribution in [0.2, 0.25) is 0 Å². The van der Waals surface area contributed by atoms with Gasteiger partial charge >= 0.3 is 0 Å². The van der Waals surface area contributed by atoms with E-state index in [0.29, 0.717) is 0 Å². The number of aromatic nitrogens is 1. The van der Waals surface area contributed by atoms with Crippen LogP contribution in [-0.2, 0) is 19.3 Å². The second kappa shape index (κ2) is 5.21. The molecule has 0 fully saturated rings. The van der Waals surface area contributed by atoms with Crippen molar-refractivity contribution >= 4 is 11.3 Å². The number of fused-ring (bicyclic) bond motifs is 1. The van der Waals surface area contributed by atoms with Gasteiger partial charge in [0, 0.05) is 17.4 Å². The molecule has 2 N–H and O–H groups in total. The fraction of sp³-hybridized carbons (Fsp3) is 0.400. The van der Waals surface area contributed by atoms with Crippen molar-refractivity contribution in [2.24, 2.45) is 5.73 Å². The zero-order chi connectivity index (χ0) is 12.4. The quantitative estimate of drug-likeness (QED) is 0.914. The van der Waals surface area contributed by atoms with E-state index in [1.54, 1.807) is 11.3 Å². The molecule has 0 saturated heterocycles. The average molecular weight is 258 g/mol. The van der Waals surface area contributed by atoms with Crippen LogP contribution < -0.4 is 5.73 Å². The number of benzene rings is 1. The van der Waals surface area contributed by atoms with E-state index in [9.17, 15) is 0 Å². The maximum absolute atomic E-state index is 5.53. The lowest BCUT2D eigenvalue weighted by molar-refractivity contribution is 0.827.